The molecule has 10 N–H and O–H groups in total. The molecule has 0 saturated carbocycles. The molecule has 1 aromatic carbocycles. The van der Waals surface area contributed by atoms with Crippen molar-refractivity contribution in [2.45, 2.75) is 32.1 Å². The van der Waals surface area contributed by atoms with Crippen LogP contribution >= 0.6 is 11.6 Å². The average Bonchev–Trinajstić information content (AvgIpc) is 2.74. The van der Waals surface area contributed by atoms with Crippen LogP contribution in [0.3, 0.4) is 0 Å². The minimum atomic E-state index is -0.665. The first-order chi connectivity index (χ1) is 15.3. The van der Waals surface area contributed by atoms with Crippen LogP contribution in [-0.2, 0) is 11.2 Å². The van der Waals surface area contributed by atoms with E-state index in [1.165, 1.54) is 5.56 Å². The molecule has 2 amide bonds. The van der Waals surface area contributed by atoms with Crippen molar-refractivity contribution in [1.82, 2.24) is 15.3 Å². The predicted octanol–water partition coefficient (Wildman–Crippen LogP) is 1.04. The van der Waals surface area contributed by atoms with Crippen LogP contribution in [0.2, 0.25) is 5.15 Å². The van der Waals surface area contributed by atoms with E-state index in [0.29, 0.717) is 25.9 Å². The summed E-state index contributed by atoms with van der Waals surface area (Å²) < 4.78 is 0. The third-order valence-electron chi connectivity index (χ3n) is 4.40. The van der Waals surface area contributed by atoms with Crippen molar-refractivity contribution < 1.29 is 9.59 Å². The van der Waals surface area contributed by atoms with Crippen molar-refractivity contribution in [1.29, 1.82) is 0 Å². The fraction of sp³-hybridized carbons (Fsp3) is 0.350. The van der Waals surface area contributed by atoms with Gasteiger partial charge in [-0.2, -0.15) is 0 Å². The van der Waals surface area contributed by atoms with Gasteiger partial charge >= 0.3 is 0 Å². The van der Waals surface area contributed by atoms with Gasteiger partial charge in [0.25, 0.3) is 5.91 Å². The third-order valence-corrected chi connectivity index (χ3v) is 4.68. The van der Waals surface area contributed by atoms with E-state index >= 15 is 0 Å². The number of aryl methyl sites for hydroxylation is 1. The molecule has 0 radical (unpaired) electrons. The lowest BCUT2D eigenvalue weighted by Gasteiger charge is -2.08. The SMILES string of the molecule is NC(=O)CCCNc1ccc(CCCCN=C(N)NC(=O)c2nc(Cl)c(N)nc2N)cc1. The highest BCUT2D eigenvalue weighted by atomic mass is 35.5. The number of carbonyl (C=O) groups excluding carboxylic acids is 2. The van der Waals surface area contributed by atoms with E-state index in [4.69, 9.17) is 34.5 Å². The second-order valence-electron chi connectivity index (χ2n) is 7.01. The highest BCUT2D eigenvalue weighted by Crippen LogP contribution is 2.17. The molecule has 1 aromatic heterocycles. The van der Waals surface area contributed by atoms with Gasteiger partial charge in [0, 0.05) is 25.2 Å². The summed E-state index contributed by atoms with van der Waals surface area (Å²) in [6.07, 6.45) is 3.66. The Kier molecular flexibility index (Phi) is 9.48. The highest BCUT2D eigenvalue weighted by molar-refractivity contribution is 6.31. The summed E-state index contributed by atoms with van der Waals surface area (Å²) in [5.74, 6) is -1.21. The van der Waals surface area contributed by atoms with E-state index in [-0.39, 0.29) is 34.3 Å². The van der Waals surface area contributed by atoms with Crippen LogP contribution in [-0.4, -0.2) is 40.8 Å². The zero-order valence-electron chi connectivity index (χ0n) is 17.6. The smallest absolute Gasteiger partial charge is 0.280 e. The quantitative estimate of drug-likeness (QED) is 0.162. The maximum atomic E-state index is 12.2. The van der Waals surface area contributed by atoms with E-state index < -0.39 is 5.91 Å². The molecule has 11 nitrogen and oxygen atoms in total. The number of hydrogen-bond acceptors (Lipinski definition) is 8. The maximum absolute atomic E-state index is 12.2. The number of rotatable bonds is 11. The number of halogens is 1. The van der Waals surface area contributed by atoms with Gasteiger partial charge in [-0.15, -0.1) is 0 Å². The number of nitrogens with two attached hydrogens (primary N) is 4. The summed E-state index contributed by atoms with van der Waals surface area (Å²) in [6, 6.07) is 8.11. The Labute approximate surface area is 191 Å². The number of unbranched alkanes of at least 4 members (excludes halogenated alkanes) is 1. The number of guanidine groups is 1. The Morgan fingerprint density at radius 2 is 1.72 bits per heavy atom. The number of nitrogens with zero attached hydrogens (tertiary/aromatic N) is 3. The van der Waals surface area contributed by atoms with Crippen LogP contribution in [0.15, 0.2) is 29.3 Å². The van der Waals surface area contributed by atoms with Gasteiger partial charge < -0.3 is 28.3 Å². The van der Waals surface area contributed by atoms with Gasteiger partial charge in [0.2, 0.25) is 5.91 Å². The number of carbonyl (C=O) groups is 2. The van der Waals surface area contributed by atoms with Gasteiger partial charge in [0.15, 0.2) is 28.4 Å². The lowest BCUT2D eigenvalue weighted by molar-refractivity contribution is -0.118. The summed E-state index contributed by atoms with van der Waals surface area (Å²) in [6.45, 7) is 1.15. The van der Waals surface area contributed by atoms with Crippen LogP contribution in [0.25, 0.3) is 0 Å². The van der Waals surface area contributed by atoms with Crippen LogP contribution < -0.4 is 33.6 Å². The van der Waals surface area contributed by atoms with E-state index in [1.807, 2.05) is 12.1 Å². The molecule has 2 rings (SSSR count). The Balaban J connectivity index is 1.69. The fourth-order valence-electron chi connectivity index (χ4n) is 2.75. The summed E-state index contributed by atoms with van der Waals surface area (Å²) >= 11 is 5.77. The molecule has 0 aliphatic heterocycles. The average molecular weight is 462 g/mol. The third kappa shape index (κ3) is 8.26. The van der Waals surface area contributed by atoms with Crippen molar-refractivity contribution in [2.24, 2.45) is 16.5 Å². The molecule has 32 heavy (non-hydrogen) atoms. The molecule has 12 heteroatoms. The minimum absolute atomic E-state index is 0.0455. The Morgan fingerprint density at radius 3 is 2.41 bits per heavy atom. The van der Waals surface area contributed by atoms with Crippen LogP contribution in [0, 0.1) is 0 Å². The Morgan fingerprint density at radius 1 is 1.00 bits per heavy atom. The fourth-order valence-corrected chi connectivity index (χ4v) is 2.88. The first kappa shape index (κ1) is 24.7. The number of aliphatic imine (C=N–C) groups is 1. The number of benzene rings is 1. The number of hydrogen-bond donors (Lipinski definition) is 6. The lowest BCUT2D eigenvalue weighted by Crippen LogP contribution is -2.38. The zero-order valence-corrected chi connectivity index (χ0v) is 18.4. The van der Waals surface area contributed by atoms with Crippen LogP contribution in [0.4, 0.5) is 17.3 Å². The second kappa shape index (κ2) is 12.3. The molecule has 0 fully saturated rings. The Bertz CT molecular complexity index is 964. The van der Waals surface area contributed by atoms with E-state index in [0.717, 1.165) is 24.9 Å². The molecule has 0 spiro atoms. The van der Waals surface area contributed by atoms with Crippen molar-refractivity contribution in [3.05, 3.63) is 40.7 Å². The predicted molar refractivity (Wildman–Crippen MR) is 126 cm³/mol. The largest absolute Gasteiger partial charge is 0.385 e. The topological polar surface area (TPSA) is 200 Å². The van der Waals surface area contributed by atoms with Crippen molar-refractivity contribution in [3.63, 3.8) is 0 Å². The van der Waals surface area contributed by atoms with Crippen molar-refractivity contribution in [2.75, 3.05) is 29.9 Å². The summed E-state index contributed by atoms with van der Waals surface area (Å²) in [4.78, 5) is 34.6. The first-order valence-electron chi connectivity index (χ1n) is 10.1. The number of nitrogen functional groups attached to an aromatic ring is 2. The molecule has 1 heterocycles. The zero-order chi connectivity index (χ0) is 23.5. The molecule has 0 aliphatic carbocycles. The Hall–Kier alpha value is -3.60. The molecule has 0 bridgehead atoms. The van der Waals surface area contributed by atoms with Gasteiger partial charge in [-0.1, -0.05) is 23.7 Å². The molecule has 2 aromatic rings. The number of aromatic nitrogens is 2. The molecule has 0 aliphatic rings. The van der Waals surface area contributed by atoms with Crippen molar-refractivity contribution in [3.8, 4) is 0 Å². The standard InChI is InChI=1S/C20H28ClN9O2/c21-16-18(24)29-17(23)15(28-16)19(32)30-20(25)27-10-2-1-4-12-6-8-13(9-7-12)26-11-3-5-14(22)31/h6-9,26H,1-5,10-11H2,(H2,22,31)(H4,23,24,29)(H3,25,27,30,32). The van der Waals surface area contributed by atoms with E-state index in [1.54, 1.807) is 0 Å². The van der Waals surface area contributed by atoms with Gasteiger partial charge in [-0.3, -0.25) is 19.9 Å². The maximum Gasteiger partial charge on any atom is 0.280 e. The highest BCUT2D eigenvalue weighted by Gasteiger charge is 2.16. The molecule has 0 atom stereocenters. The lowest BCUT2D eigenvalue weighted by atomic mass is 10.1. The summed E-state index contributed by atoms with van der Waals surface area (Å²) in [5.41, 5.74) is 24.0. The second-order valence-corrected chi connectivity index (χ2v) is 7.36. The molecule has 0 saturated heterocycles. The summed E-state index contributed by atoms with van der Waals surface area (Å²) in [7, 11) is 0. The monoisotopic (exact) mass is 461 g/mol. The van der Waals surface area contributed by atoms with E-state index in [2.05, 4.69) is 37.7 Å². The summed E-state index contributed by atoms with van der Waals surface area (Å²) in [5, 5.41) is 5.53. The number of anilines is 3. The van der Waals surface area contributed by atoms with Gasteiger partial charge in [-0.25, -0.2) is 9.97 Å². The van der Waals surface area contributed by atoms with Gasteiger partial charge in [-0.05, 0) is 43.4 Å². The molecule has 0 unspecified atom stereocenters. The van der Waals surface area contributed by atoms with Crippen LogP contribution in [0.1, 0.15) is 41.7 Å². The van der Waals surface area contributed by atoms with Gasteiger partial charge in [0.05, 0.1) is 0 Å². The first-order valence-corrected chi connectivity index (χ1v) is 10.4. The van der Waals surface area contributed by atoms with Crippen molar-refractivity contribution >= 4 is 46.7 Å². The van der Waals surface area contributed by atoms with Gasteiger partial charge in [0.1, 0.15) is 0 Å². The normalized spacial score (nSPS) is 11.2. The molecule has 172 valence electrons. The number of nitrogens with one attached hydrogen (secondary N) is 2. The molecular formula is C20H28ClN9O2. The number of primary amides is 1. The number of amides is 2. The van der Waals surface area contributed by atoms with E-state index in [9.17, 15) is 9.59 Å². The molecular weight excluding hydrogens is 434 g/mol. The minimum Gasteiger partial charge on any atom is -0.385 e. The van der Waals surface area contributed by atoms with Crippen LogP contribution in [0.5, 0.6) is 0 Å².